The number of rotatable bonds is 7. The highest BCUT2D eigenvalue weighted by Gasteiger charge is 2.29. The van der Waals surface area contributed by atoms with Crippen LogP contribution in [0, 0.1) is 29.1 Å². The number of benzene rings is 3. The quantitative estimate of drug-likeness (QED) is 0.185. The van der Waals surface area contributed by atoms with Crippen molar-refractivity contribution >= 4 is 22.6 Å². The van der Waals surface area contributed by atoms with E-state index in [4.69, 9.17) is 13.9 Å². The van der Waals surface area contributed by atoms with Crippen molar-refractivity contribution in [1.29, 1.82) is 0 Å². The molecule has 1 heterocycles. The highest BCUT2D eigenvalue weighted by Crippen LogP contribution is 2.32. The zero-order valence-corrected chi connectivity index (χ0v) is 19.3. The Hall–Kier alpha value is -4.41. The molecule has 1 unspecified atom stereocenters. The molecule has 4 rings (SSSR count). The molecular formula is C26H18F5NO5. The zero-order valence-electron chi connectivity index (χ0n) is 19.3. The van der Waals surface area contributed by atoms with Crippen LogP contribution in [0.2, 0.25) is 0 Å². The van der Waals surface area contributed by atoms with E-state index in [1.165, 1.54) is 24.3 Å². The van der Waals surface area contributed by atoms with Crippen molar-refractivity contribution in [2.45, 2.75) is 20.0 Å². The van der Waals surface area contributed by atoms with Gasteiger partial charge in [0.05, 0.1) is 17.6 Å². The van der Waals surface area contributed by atoms with E-state index in [1.807, 2.05) is 0 Å². The molecule has 0 aliphatic carbocycles. The zero-order chi connectivity index (χ0) is 26.9. The number of amides is 1. The fraction of sp³-hybridized carbons (Fsp3) is 0.154. The third kappa shape index (κ3) is 4.97. The lowest BCUT2D eigenvalue weighted by Gasteiger charge is -2.16. The number of halogens is 5. The molecule has 0 radical (unpaired) electrons. The number of ether oxygens (including phenoxy) is 2. The van der Waals surface area contributed by atoms with E-state index in [-0.39, 0.29) is 27.8 Å². The summed E-state index contributed by atoms with van der Waals surface area (Å²) in [5, 5.41) is 2.60. The average molecular weight is 519 g/mol. The van der Waals surface area contributed by atoms with Crippen molar-refractivity contribution in [3.8, 4) is 22.8 Å². The number of hydrogen-bond acceptors (Lipinski definition) is 5. The summed E-state index contributed by atoms with van der Waals surface area (Å²) in [6, 6.07) is 12.3. The molecule has 0 saturated heterocycles. The second-order valence-corrected chi connectivity index (χ2v) is 7.76. The molecule has 1 N–H and O–H groups in total. The third-order valence-electron chi connectivity index (χ3n) is 5.28. The van der Waals surface area contributed by atoms with Crippen LogP contribution in [0.1, 0.15) is 13.8 Å². The van der Waals surface area contributed by atoms with Crippen LogP contribution in [0.5, 0.6) is 11.5 Å². The van der Waals surface area contributed by atoms with Gasteiger partial charge < -0.3 is 19.2 Å². The first kappa shape index (κ1) is 25.7. The molecule has 1 amide bonds. The number of nitrogens with one attached hydrogen (secondary N) is 1. The Morgan fingerprint density at radius 3 is 2.27 bits per heavy atom. The Labute approximate surface area is 206 Å². The van der Waals surface area contributed by atoms with E-state index in [0.717, 1.165) is 6.92 Å². The third-order valence-corrected chi connectivity index (χ3v) is 5.28. The highest BCUT2D eigenvalue weighted by atomic mass is 19.2. The fourth-order valence-corrected chi connectivity index (χ4v) is 3.48. The molecule has 1 atom stereocenters. The van der Waals surface area contributed by atoms with Crippen LogP contribution in [-0.4, -0.2) is 18.6 Å². The maximum absolute atomic E-state index is 13.9. The van der Waals surface area contributed by atoms with Crippen LogP contribution in [0.3, 0.4) is 0 Å². The van der Waals surface area contributed by atoms with Crippen molar-refractivity contribution in [3.05, 3.63) is 87.8 Å². The summed E-state index contributed by atoms with van der Waals surface area (Å²) in [6.07, 6.45) is -1.67. The lowest BCUT2D eigenvalue weighted by molar-refractivity contribution is -0.122. The minimum Gasteiger partial charge on any atom is -0.493 e. The normalized spacial score (nSPS) is 11.9. The van der Waals surface area contributed by atoms with E-state index in [1.54, 1.807) is 31.2 Å². The van der Waals surface area contributed by atoms with Crippen LogP contribution >= 0.6 is 0 Å². The van der Waals surface area contributed by atoms with Crippen LogP contribution in [0.15, 0.2) is 57.7 Å². The molecule has 6 nitrogen and oxygen atoms in total. The van der Waals surface area contributed by atoms with Gasteiger partial charge in [-0.15, -0.1) is 0 Å². The molecule has 4 aromatic rings. The number of fused-ring (bicyclic) bond motifs is 1. The SMILES string of the molecule is CCOc1ccccc1-c1cc(=O)c2ccc(NC(=O)C(C)Oc3c(F)c(F)c(F)c(F)c3F)cc2o1. The van der Waals surface area contributed by atoms with Crippen molar-refractivity contribution in [3.63, 3.8) is 0 Å². The molecule has 11 heteroatoms. The van der Waals surface area contributed by atoms with Crippen molar-refractivity contribution in [2.75, 3.05) is 11.9 Å². The lowest BCUT2D eigenvalue weighted by atomic mass is 10.1. The van der Waals surface area contributed by atoms with Gasteiger partial charge in [0.25, 0.3) is 5.91 Å². The number of para-hydroxylation sites is 1. The van der Waals surface area contributed by atoms with Gasteiger partial charge in [-0.25, -0.2) is 13.2 Å². The first-order valence-electron chi connectivity index (χ1n) is 10.9. The van der Waals surface area contributed by atoms with Gasteiger partial charge >= 0.3 is 0 Å². The van der Waals surface area contributed by atoms with Crippen LogP contribution < -0.4 is 20.2 Å². The lowest BCUT2D eigenvalue weighted by Crippen LogP contribution is -2.31. The van der Waals surface area contributed by atoms with Crippen LogP contribution in [0.25, 0.3) is 22.3 Å². The maximum Gasteiger partial charge on any atom is 0.265 e. The van der Waals surface area contributed by atoms with Gasteiger partial charge in [-0.2, -0.15) is 8.78 Å². The Morgan fingerprint density at radius 1 is 0.946 bits per heavy atom. The summed E-state index contributed by atoms with van der Waals surface area (Å²) in [7, 11) is 0. The highest BCUT2D eigenvalue weighted by molar-refractivity contribution is 5.96. The summed E-state index contributed by atoms with van der Waals surface area (Å²) >= 11 is 0. The molecule has 0 aliphatic rings. The first-order valence-corrected chi connectivity index (χ1v) is 10.9. The fourth-order valence-electron chi connectivity index (χ4n) is 3.48. The summed E-state index contributed by atoms with van der Waals surface area (Å²) in [6.45, 7) is 3.24. The smallest absolute Gasteiger partial charge is 0.265 e. The van der Waals surface area contributed by atoms with E-state index in [0.29, 0.717) is 17.9 Å². The molecule has 3 aromatic carbocycles. The second kappa shape index (κ2) is 10.3. The standard InChI is InChI=1S/C26H18F5NO5/c1-3-35-17-7-5-4-6-15(17)19-11-16(33)14-9-8-13(10-18(14)37-19)32-26(34)12(2)36-25-23(30)21(28)20(27)22(29)24(25)31/h4-12H,3H2,1-2H3,(H,32,34). The summed E-state index contributed by atoms with van der Waals surface area (Å²) in [4.78, 5) is 25.2. The van der Waals surface area contributed by atoms with Gasteiger partial charge in [-0.3, -0.25) is 9.59 Å². The van der Waals surface area contributed by atoms with Crippen LogP contribution in [0.4, 0.5) is 27.6 Å². The van der Waals surface area contributed by atoms with Crippen molar-refractivity contribution in [1.82, 2.24) is 0 Å². The summed E-state index contributed by atoms with van der Waals surface area (Å²) in [5.74, 6) is -13.0. The topological polar surface area (TPSA) is 77.8 Å². The second-order valence-electron chi connectivity index (χ2n) is 7.76. The molecule has 37 heavy (non-hydrogen) atoms. The van der Waals surface area contributed by atoms with E-state index in [9.17, 15) is 31.5 Å². The molecule has 0 aliphatic heterocycles. The Kier molecular flexibility index (Phi) is 7.14. The predicted octanol–water partition coefficient (Wildman–Crippen LogP) is 5.96. The van der Waals surface area contributed by atoms with Gasteiger partial charge in [0.15, 0.2) is 17.3 Å². The molecule has 0 spiro atoms. The number of carbonyl (C=O) groups excluding carboxylic acids is 1. The van der Waals surface area contributed by atoms with Gasteiger partial charge in [-0.1, -0.05) is 12.1 Å². The molecule has 192 valence electrons. The van der Waals surface area contributed by atoms with Crippen molar-refractivity contribution < 1.29 is 40.6 Å². The molecule has 0 saturated carbocycles. The molecule has 0 fully saturated rings. The molecule has 1 aromatic heterocycles. The maximum atomic E-state index is 13.9. The van der Waals surface area contributed by atoms with Gasteiger partial charge in [-0.05, 0) is 38.1 Å². The molecule has 0 bridgehead atoms. The monoisotopic (exact) mass is 519 g/mol. The number of anilines is 1. The predicted molar refractivity (Wildman–Crippen MR) is 124 cm³/mol. The van der Waals surface area contributed by atoms with E-state index < -0.39 is 46.8 Å². The minimum absolute atomic E-state index is 0.111. The van der Waals surface area contributed by atoms with Crippen molar-refractivity contribution in [2.24, 2.45) is 0 Å². The first-order chi connectivity index (χ1) is 17.6. The number of hydrogen-bond donors (Lipinski definition) is 1. The van der Waals surface area contributed by atoms with Gasteiger partial charge in [0, 0.05) is 17.8 Å². The summed E-state index contributed by atoms with van der Waals surface area (Å²) < 4.78 is 84.1. The Balaban J connectivity index is 1.61. The Morgan fingerprint density at radius 2 is 1.59 bits per heavy atom. The average Bonchev–Trinajstić information content (AvgIpc) is 2.89. The minimum atomic E-state index is -2.35. The molecular weight excluding hydrogens is 501 g/mol. The van der Waals surface area contributed by atoms with Gasteiger partial charge in [0.2, 0.25) is 29.1 Å². The van der Waals surface area contributed by atoms with Crippen LogP contribution in [-0.2, 0) is 4.79 Å². The number of carbonyl (C=O) groups is 1. The van der Waals surface area contributed by atoms with Gasteiger partial charge in [0.1, 0.15) is 17.1 Å². The summed E-state index contributed by atoms with van der Waals surface area (Å²) in [5.41, 5.74) is 0.398. The van der Waals surface area contributed by atoms with E-state index >= 15 is 0 Å². The Bertz CT molecular complexity index is 1540. The largest absolute Gasteiger partial charge is 0.493 e. The van der Waals surface area contributed by atoms with E-state index in [2.05, 4.69) is 5.32 Å².